The van der Waals surface area contributed by atoms with Crippen molar-refractivity contribution < 1.29 is 9.59 Å². The van der Waals surface area contributed by atoms with Crippen LogP contribution in [0.2, 0.25) is 0 Å². The lowest BCUT2D eigenvalue weighted by Crippen LogP contribution is -2.41. The molecule has 0 aliphatic carbocycles. The van der Waals surface area contributed by atoms with Gasteiger partial charge in [0, 0.05) is 5.69 Å². The first-order valence-corrected chi connectivity index (χ1v) is 7.99. The van der Waals surface area contributed by atoms with E-state index in [1.165, 1.54) is 11.3 Å². The van der Waals surface area contributed by atoms with Gasteiger partial charge in [-0.15, -0.1) is 11.3 Å². The highest BCUT2D eigenvalue weighted by Crippen LogP contribution is 2.22. The summed E-state index contributed by atoms with van der Waals surface area (Å²) in [5.41, 5.74) is 4.00. The van der Waals surface area contributed by atoms with Crippen molar-refractivity contribution in [3.8, 4) is 0 Å². The Morgan fingerprint density at radius 1 is 1.14 bits per heavy atom. The van der Waals surface area contributed by atoms with Gasteiger partial charge in [-0.05, 0) is 50.3 Å². The van der Waals surface area contributed by atoms with Crippen LogP contribution in [0.3, 0.4) is 0 Å². The van der Waals surface area contributed by atoms with Gasteiger partial charge < -0.3 is 10.6 Å². The van der Waals surface area contributed by atoms with Gasteiger partial charge in [0.2, 0.25) is 5.91 Å². The van der Waals surface area contributed by atoms with Crippen LogP contribution >= 0.6 is 11.3 Å². The molecule has 0 spiro atoms. The number of anilines is 1. The number of aryl methyl sites for hydroxylation is 3. The smallest absolute Gasteiger partial charge is 0.261 e. The van der Waals surface area contributed by atoms with Crippen molar-refractivity contribution in [1.82, 2.24) is 5.32 Å². The van der Waals surface area contributed by atoms with Gasteiger partial charge in [0.05, 0.1) is 4.88 Å². The molecule has 0 saturated heterocycles. The number of thiophene rings is 1. The maximum absolute atomic E-state index is 12.3. The fourth-order valence-corrected chi connectivity index (χ4v) is 2.98. The van der Waals surface area contributed by atoms with Crippen LogP contribution in [0.4, 0.5) is 5.69 Å². The normalized spacial score (nSPS) is 11.8. The molecule has 22 heavy (non-hydrogen) atoms. The van der Waals surface area contributed by atoms with Crippen LogP contribution in [0.1, 0.15) is 33.3 Å². The van der Waals surface area contributed by atoms with E-state index in [1.807, 2.05) is 44.4 Å². The Hall–Kier alpha value is -2.14. The van der Waals surface area contributed by atoms with Gasteiger partial charge in [-0.25, -0.2) is 0 Å². The lowest BCUT2D eigenvalue weighted by Gasteiger charge is -2.17. The molecular formula is C17H20N2O2S. The van der Waals surface area contributed by atoms with Gasteiger partial charge >= 0.3 is 0 Å². The Morgan fingerprint density at radius 3 is 2.32 bits per heavy atom. The number of rotatable bonds is 4. The van der Waals surface area contributed by atoms with Gasteiger partial charge in [0.15, 0.2) is 0 Å². The molecule has 0 bridgehead atoms. The minimum atomic E-state index is -0.602. The van der Waals surface area contributed by atoms with E-state index in [9.17, 15) is 9.59 Å². The number of carbonyl (C=O) groups excluding carboxylic acids is 2. The maximum atomic E-state index is 12.3. The van der Waals surface area contributed by atoms with E-state index in [0.717, 1.165) is 22.4 Å². The number of amides is 2. The highest BCUT2D eigenvalue weighted by Gasteiger charge is 2.18. The molecule has 0 radical (unpaired) electrons. The lowest BCUT2D eigenvalue weighted by molar-refractivity contribution is -0.117. The molecule has 1 aromatic carbocycles. The highest BCUT2D eigenvalue weighted by molar-refractivity contribution is 7.12. The van der Waals surface area contributed by atoms with Crippen molar-refractivity contribution in [1.29, 1.82) is 0 Å². The lowest BCUT2D eigenvalue weighted by atomic mass is 10.0. The molecule has 0 aliphatic heterocycles. The van der Waals surface area contributed by atoms with E-state index in [1.54, 1.807) is 13.0 Å². The molecule has 1 atom stereocenters. The monoisotopic (exact) mass is 316 g/mol. The summed E-state index contributed by atoms with van der Waals surface area (Å²) in [7, 11) is 0. The van der Waals surface area contributed by atoms with Crippen LogP contribution in [0, 0.1) is 20.8 Å². The molecule has 2 rings (SSSR count). The third-order valence-electron chi connectivity index (χ3n) is 3.41. The summed E-state index contributed by atoms with van der Waals surface area (Å²) in [6, 6.07) is 6.99. The topological polar surface area (TPSA) is 58.2 Å². The van der Waals surface area contributed by atoms with Gasteiger partial charge in [0.1, 0.15) is 6.04 Å². The zero-order valence-electron chi connectivity index (χ0n) is 13.2. The number of carbonyl (C=O) groups is 2. The second-order valence-corrected chi connectivity index (χ2v) is 6.38. The largest absolute Gasteiger partial charge is 0.340 e. The van der Waals surface area contributed by atoms with Gasteiger partial charge in [-0.3, -0.25) is 9.59 Å². The van der Waals surface area contributed by atoms with Crippen molar-refractivity contribution in [2.45, 2.75) is 33.7 Å². The van der Waals surface area contributed by atoms with Gasteiger partial charge in [0.25, 0.3) is 5.91 Å². The number of hydrogen-bond acceptors (Lipinski definition) is 3. The summed E-state index contributed by atoms with van der Waals surface area (Å²) >= 11 is 1.35. The van der Waals surface area contributed by atoms with Crippen LogP contribution < -0.4 is 10.6 Å². The second kappa shape index (κ2) is 6.75. The van der Waals surface area contributed by atoms with Crippen LogP contribution in [0.25, 0.3) is 0 Å². The molecular weight excluding hydrogens is 296 g/mol. The molecule has 4 nitrogen and oxygen atoms in total. The summed E-state index contributed by atoms with van der Waals surface area (Å²) in [5, 5.41) is 7.45. The van der Waals surface area contributed by atoms with Gasteiger partial charge in [-0.1, -0.05) is 23.8 Å². The average molecular weight is 316 g/mol. The molecule has 5 heteroatoms. The number of benzene rings is 1. The fourth-order valence-electron chi connectivity index (χ4n) is 2.35. The quantitative estimate of drug-likeness (QED) is 0.908. The van der Waals surface area contributed by atoms with E-state index in [2.05, 4.69) is 10.6 Å². The molecule has 2 N–H and O–H groups in total. The molecule has 1 aromatic heterocycles. The standard InChI is InChI=1S/C17H20N2O2S/c1-10-8-11(2)15(12(3)9-10)19-16(20)13(4)18-17(21)14-6-5-7-22-14/h5-9,13H,1-4H3,(H,18,21)(H,19,20). The zero-order valence-corrected chi connectivity index (χ0v) is 14.0. The molecule has 1 unspecified atom stereocenters. The summed E-state index contributed by atoms with van der Waals surface area (Å²) in [6.07, 6.45) is 0. The third kappa shape index (κ3) is 3.74. The minimum Gasteiger partial charge on any atom is -0.340 e. The Balaban J connectivity index is 2.04. The molecule has 0 fully saturated rings. The number of hydrogen-bond donors (Lipinski definition) is 2. The summed E-state index contributed by atoms with van der Waals surface area (Å²) in [5.74, 6) is -0.449. The molecule has 2 aromatic rings. The van der Waals surface area contributed by atoms with Crippen molar-refractivity contribution >= 4 is 28.8 Å². The first kappa shape index (κ1) is 16.2. The predicted molar refractivity (Wildman–Crippen MR) is 90.5 cm³/mol. The molecule has 2 amide bonds. The summed E-state index contributed by atoms with van der Waals surface area (Å²) in [6.45, 7) is 7.63. The Labute approximate surface area is 134 Å². The fraction of sp³-hybridized carbons (Fsp3) is 0.294. The second-order valence-electron chi connectivity index (χ2n) is 5.44. The predicted octanol–water partition coefficient (Wildman–Crippen LogP) is 3.43. The molecule has 1 heterocycles. The van der Waals surface area contributed by atoms with Crippen LogP contribution in [-0.2, 0) is 4.79 Å². The van der Waals surface area contributed by atoms with E-state index in [4.69, 9.17) is 0 Å². The van der Waals surface area contributed by atoms with Crippen molar-refractivity contribution in [3.05, 3.63) is 51.2 Å². The molecule has 0 saturated carbocycles. The Bertz CT molecular complexity index is 670. The van der Waals surface area contributed by atoms with Crippen LogP contribution in [0.15, 0.2) is 29.6 Å². The summed E-state index contributed by atoms with van der Waals surface area (Å²) < 4.78 is 0. The van der Waals surface area contributed by atoms with Crippen LogP contribution in [0.5, 0.6) is 0 Å². The highest BCUT2D eigenvalue weighted by atomic mass is 32.1. The first-order valence-electron chi connectivity index (χ1n) is 7.11. The Kier molecular flexibility index (Phi) is 4.98. The minimum absolute atomic E-state index is 0.222. The SMILES string of the molecule is Cc1cc(C)c(NC(=O)C(C)NC(=O)c2cccs2)c(C)c1. The van der Waals surface area contributed by atoms with Crippen molar-refractivity contribution in [2.75, 3.05) is 5.32 Å². The third-order valence-corrected chi connectivity index (χ3v) is 4.28. The maximum Gasteiger partial charge on any atom is 0.261 e. The first-order chi connectivity index (χ1) is 10.4. The van der Waals surface area contributed by atoms with Crippen molar-refractivity contribution in [3.63, 3.8) is 0 Å². The number of nitrogens with one attached hydrogen (secondary N) is 2. The average Bonchev–Trinajstić information content (AvgIpc) is 2.96. The van der Waals surface area contributed by atoms with E-state index in [-0.39, 0.29) is 11.8 Å². The van der Waals surface area contributed by atoms with E-state index in [0.29, 0.717) is 4.88 Å². The summed E-state index contributed by atoms with van der Waals surface area (Å²) in [4.78, 5) is 24.9. The zero-order chi connectivity index (χ0) is 16.3. The van der Waals surface area contributed by atoms with E-state index < -0.39 is 6.04 Å². The van der Waals surface area contributed by atoms with Crippen LogP contribution in [-0.4, -0.2) is 17.9 Å². The molecule has 116 valence electrons. The van der Waals surface area contributed by atoms with Gasteiger partial charge in [-0.2, -0.15) is 0 Å². The Morgan fingerprint density at radius 2 is 1.77 bits per heavy atom. The molecule has 0 aliphatic rings. The van der Waals surface area contributed by atoms with E-state index >= 15 is 0 Å². The van der Waals surface area contributed by atoms with Crippen molar-refractivity contribution in [2.24, 2.45) is 0 Å².